The van der Waals surface area contributed by atoms with E-state index in [2.05, 4.69) is 88.1 Å². The van der Waals surface area contributed by atoms with Crippen molar-refractivity contribution in [2.45, 2.75) is 13.0 Å². The van der Waals surface area contributed by atoms with Gasteiger partial charge in [-0.1, -0.05) is 18.7 Å². The molecule has 0 saturated carbocycles. The number of fused-ring (bicyclic) bond motifs is 1. The summed E-state index contributed by atoms with van der Waals surface area (Å²) in [7, 11) is 6.20. The Labute approximate surface area is 194 Å². The van der Waals surface area contributed by atoms with Crippen LogP contribution in [0, 0.1) is 6.92 Å². The normalized spacial score (nSPS) is 14.0. The summed E-state index contributed by atoms with van der Waals surface area (Å²) in [6.45, 7) is 8.32. The number of aryl methyl sites for hydroxylation is 1. The van der Waals surface area contributed by atoms with Crippen molar-refractivity contribution in [3.8, 4) is 11.1 Å². The zero-order valence-corrected chi connectivity index (χ0v) is 19.6. The first-order chi connectivity index (χ1) is 15.9. The number of anilines is 2. The molecule has 1 fully saturated rings. The molecule has 0 bridgehead atoms. The van der Waals surface area contributed by atoms with E-state index in [1.807, 2.05) is 36.4 Å². The van der Waals surface area contributed by atoms with Crippen LogP contribution in [0.2, 0.25) is 0 Å². The van der Waals surface area contributed by atoms with Gasteiger partial charge in [-0.3, -0.25) is 4.68 Å². The van der Waals surface area contributed by atoms with E-state index in [9.17, 15) is 0 Å². The molecule has 4 heterocycles. The molecule has 0 unspecified atom stereocenters. The molecule has 0 spiro atoms. The number of nitrogens with one attached hydrogen (secondary N) is 1. The predicted octanol–water partition coefficient (Wildman–Crippen LogP) is 4.17. The largest absolute Gasteiger partial charge is 0.353 e. The molecule has 0 amide bonds. The fourth-order valence-corrected chi connectivity index (χ4v) is 4.13. The number of pyridine rings is 2. The van der Waals surface area contributed by atoms with Crippen molar-refractivity contribution < 1.29 is 0 Å². The van der Waals surface area contributed by atoms with Crippen molar-refractivity contribution in [2.75, 3.05) is 37.4 Å². The average Bonchev–Trinajstić information content (AvgIpc) is 3.10. The van der Waals surface area contributed by atoms with Crippen LogP contribution in [0.3, 0.4) is 0 Å². The second-order valence-electron chi connectivity index (χ2n) is 8.93. The van der Waals surface area contributed by atoms with Crippen molar-refractivity contribution in [1.82, 2.24) is 24.6 Å². The van der Waals surface area contributed by atoms with E-state index < -0.39 is 0 Å². The number of hydrogen-bond acceptors (Lipinski definition) is 6. The molecule has 33 heavy (non-hydrogen) atoms. The van der Waals surface area contributed by atoms with E-state index in [0.717, 1.165) is 63.6 Å². The lowest BCUT2D eigenvalue weighted by Crippen LogP contribution is -2.57. The van der Waals surface area contributed by atoms with Gasteiger partial charge in [-0.05, 0) is 56.2 Å². The third-order valence-corrected chi connectivity index (χ3v) is 6.56. The van der Waals surface area contributed by atoms with Gasteiger partial charge in [0.15, 0.2) is 0 Å². The molecule has 5 rings (SSSR count). The number of likely N-dealkylation sites (N-methyl/N-ethyl adjacent to an activating group) is 1. The molecule has 168 valence electrons. The maximum absolute atomic E-state index is 4.59. The Bertz CT molecular complexity index is 1330. The highest BCUT2D eigenvalue weighted by Gasteiger charge is 2.29. The minimum Gasteiger partial charge on any atom is -0.353 e. The van der Waals surface area contributed by atoms with Crippen LogP contribution in [0.1, 0.15) is 11.3 Å². The molecular weight excluding hydrogens is 410 g/mol. The van der Waals surface area contributed by atoms with Crippen LogP contribution in [-0.4, -0.2) is 57.9 Å². The lowest BCUT2D eigenvalue weighted by atomic mass is 10.0. The zero-order valence-electron chi connectivity index (χ0n) is 19.6. The first-order valence-corrected chi connectivity index (χ1v) is 11.1. The van der Waals surface area contributed by atoms with E-state index in [0.29, 0.717) is 6.04 Å². The highest BCUT2D eigenvalue weighted by molar-refractivity contribution is 5.90. The Morgan fingerprint density at radius 3 is 2.61 bits per heavy atom. The van der Waals surface area contributed by atoms with Crippen molar-refractivity contribution in [3.05, 3.63) is 72.8 Å². The lowest BCUT2D eigenvalue weighted by Gasteiger charge is -2.43. The summed E-state index contributed by atoms with van der Waals surface area (Å²) in [6.07, 6.45) is 5.65. The maximum atomic E-state index is 4.59. The fraction of sp³-hybridized carbons (Fsp3) is 0.269. The molecule has 7 heteroatoms. The Hall–Kier alpha value is -3.71. The molecule has 3 aromatic heterocycles. The van der Waals surface area contributed by atoms with Gasteiger partial charge in [0.05, 0.1) is 6.20 Å². The van der Waals surface area contributed by atoms with Crippen LogP contribution in [0.15, 0.2) is 61.6 Å². The Balaban J connectivity index is 1.35. The van der Waals surface area contributed by atoms with E-state index in [1.54, 1.807) is 0 Å². The van der Waals surface area contributed by atoms with E-state index in [-0.39, 0.29) is 0 Å². The van der Waals surface area contributed by atoms with E-state index in [1.165, 1.54) is 0 Å². The number of hydrogen-bond donors (Lipinski definition) is 1. The van der Waals surface area contributed by atoms with Gasteiger partial charge in [0.2, 0.25) is 0 Å². The Morgan fingerprint density at radius 2 is 1.88 bits per heavy atom. The smallest absolute Gasteiger partial charge is 0.130 e. The number of benzene rings is 1. The predicted molar refractivity (Wildman–Crippen MR) is 135 cm³/mol. The molecule has 7 nitrogen and oxygen atoms in total. The molecule has 1 aliphatic heterocycles. The summed E-state index contributed by atoms with van der Waals surface area (Å²) in [5.41, 5.74) is 5.24. The van der Waals surface area contributed by atoms with Crippen molar-refractivity contribution >= 4 is 28.1 Å². The van der Waals surface area contributed by atoms with Crippen molar-refractivity contribution in [1.29, 1.82) is 0 Å². The van der Waals surface area contributed by atoms with Crippen LogP contribution < -0.4 is 10.2 Å². The summed E-state index contributed by atoms with van der Waals surface area (Å²) in [5.74, 6) is 1.75. The molecule has 0 radical (unpaired) electrons. The number of aromatic nitrogens is 4. The van der Waals surface area contributed by atoms with Gasteiger partial charge in [-0.15, -0.1) is 0 Å². The highest BCUT2D eigenvalue weighted by Crippen LogP contribution is 2.29. The Kier molecular flexibility index (Phi) is 5.34. The van der Waals surface area contributed by atoms with Gasteiger partial charge in [-0.25, -0.2) is 9.97 Å². The van der Waals surface area contributed by atoms with Crippen molar-refractivity contribution in [2.24, 2.45) is 7.05 Å². The average molecular weight is 440 g/mol. The maximum Gasteiger partial charge on any atom is 0.130 e. The van der Waals surface area contributed by atoms with E-state index >= 15 is 0 Å². The third kappa shape index (κ3) is 4.07. The lowest BCUT2D eigenvalue weighted by molar-refractivity contribution is 0.246. The summed E-state index contributed by atoms with van der Waals surface area (Å²) in [4.78, 5) is 13.7. The number of nitrogens with zero attached hydrogens (tertiary/aromatic N) is 6. The molecule has 0 atom stereocenters. The van der Waals surface area contributed by atoms with Gasteiger partial charge in [0.25, 0.3) is 0 Å². The summed E-state index contributed by atoms with van der Waals surface area (Å²) < 4.78 is 1.90. The van der Waals surface area contributed by atoms with Crippen LogP contribution in [0.25, 0.3) is 27.6 Å². The zero-order chi connectivity index (χ0) is 23.1. The second-order valence-corrected chi connectivity index (χ2v) is 8.93. The van der Waals surface area contributed by atoms with Gasteiger partial charge >= 0.3 is 0 Å². The SMILES string of the molecule is C=C(Nc1cc2cc(-c3cnn(C)c3C)ccc2cn1)c1ccnc(N2CC(N(C)C)C2)c1. The van der Waals surface area contributed by atoms with E-state index in [4.69, 9.17) is 0 Å². The van der Waals surface area contributed by atoms with Gasteiger partial charge in [0.1, 0.15) is 11.6 Å². The first-order valence-electron chi connectivity index (χ1n) is 11.1. The minimum absolute atomic E-state index is 0.582. The summed E-state index contributed by atoms with van der Waals surface area (Å²) >= 11 is 0. The summed E-state index contributed by atoms with van der Waals surface area (Å²) in [6, 6.07) is 13.1. The molecule has 1 aromatic carbocycles. The monoisotopic (exact) mass is 439 g/mol. The molecule has 4 aromatic rings. The van der Waals surface area contributed by atoms with Crippen LogP contribution in [0.4, 0.5) is 11.6 Å². The first kappa shape index (κ1) is 21.2. The standard InChI is InChI=1S/C26H29N7/c1-17(19-8-9-27-26(12-19)33-15-23(16-33)31(3)4)30-25-11-22-10-20(6-7-21(22)13-28-25)24-14-29-32(5)18(24)2/h6-14,23H,1,15-16H2,2-5H3,(H,28,30). The number of rotatable bonds is 6. The molecule has 0 aliphatic carbocycles. The molecule has 1 aliphatic rings. The second kappa shape index (κ2) is 8.33. The fourth-order valence-electron chi connectivity index (χ4n) is 4.13. The van der Waals surface area contributed by atoms with Crippen LogP contribution in [0.5, 0.6) is 0 Å². The Morgan fingerprint density at radius 1 is 1.06 bits per heavy atom. The van der Waals surface area contributed by atoms with Crippen LogP contribution >= 0.6 is 0 Å². The topological polar surface area (TPSA) is 62.1 Å². The quantitative estimate of drug-likeness (QED) is 0.487. The summed E-state index contributed by atoms with van der Waals surface area (Å²) in [5, 5.41) is 9.96. The molecular formula is C26H29N7. The highest BCUT2D eigenvalue weighted by atomic mass is 15.3. The van der Waals surface area contributed by atoms with Crippen molar-refractivity contribution in [3.63, 3.8) is 0 Å². The molecule has 1 N–H and O–H groups in total. The van der Waals surface area contributed by atoms with Gasteiger partial charge in [-0.2, -0.15) is 5.10 Å². The third-order valence-electron chi connectivity index (χ3n) is 6.56. The molecule has 1 saturated heterocycles. The van der Waals surface area contributed by atoms with Gasteiger partial charge < -0.3 is 15.1 Å². The van der Waals surface area contributed by atoms with Crippen LogP contribution in [-0.2, 0) is 7.05 Å². The minimum atomic E-state index is 0.582. The van der Waals surface area contributed by atoms with Gasteiger partial charge in [0, 0.05) is 66.5 Å².